The summed E-state index contributed by atoms with van der Waals surface area (Å²) in [6.45, 7) is 3.41. The highest BCUT2D eigenvalue weighted by Crippen LogP contribution is 2.24. The molecular formula is C15H24N4O5. The van der Waals surface area contributed by atoms with E-state index in [1.807, 2.05) is 6.92 Å². The number of nitrogens with zero attached hydrogens (tertiary/aromatic N) is 3. The number of hydrazine groups is 1. The van der Waals surface area contributed by atoms with E-state index in [0.29, 0.717) is 23.5 Å². The van der Waals surface area contributed by atoms with E-state index in [2.05, 4.69) is 10.4 Å². The van der Waals surface area contributed by atoms with Crippen molar-refractivity contribution >= 4 is 18.1 Å². The van der Waals surface area contributed by atoms with Gasteiger partial charge in [-0.1, -0.05) is 26.2 Å². The minimum Gasteiger partial charge on any atom is -0.504 e. The summed E-state index contributed by atoms with van der Waals surface area (Å²) in [6, 6.07) is 1.57. The van der Waals surface area contributed by atoms with Crippen LogP contribution in [0.4, 0.5) is 5.82 Å². The monoisotopic (exact) mass is 340 g/mol. The number of hydroxylamine groups is 3. The average Bonchev–Trinajstić information content (AvgIpc) is 2.57. The molecule has 0 aromatic carbocycles. The van der Waals surface area contributed by atoms with Gasteiger partial charge in [-0.15, -0.1) is 5.17 Å². The summed E-state index contributed by atoms with van der Waals surface area (Å²) < 4.78 is 0. The van der Waals surface area contributed by atoms with Crippen molar-refractivity contribution in [2.45, 2.75) is 39.5 Å². The molecule has 0 fully saturated rings. The van der Waals surface area contributed by atoms with Gasteiger partial charge < -0.3 is 5.11 Å². The fraction of sp³-hybridized carbons (Fsp3) is 0.533. The van der Waals surface area contributed by atoms with Crippen LogP contribution in [-0.4, -0.2) is 49.6 Å². The van der Waals surface area contributed by atoms with E-state index in [0.717, 1.165) is 12.8 Å². The number of anilines is 1. The molecule has 0 aliphatic carbocycles. The quantitative estimate of drug-likeness (QED) is 0.221. The number of nitrogens with one attached hydrogen (secondary N) is 1. The molecule has 0 aliphatic rings. The van der Waals surface area contributed by atoms with Gasteiger partial charge in [-0.25, -0.2) is 10.0 Å². The van der Waals surface area contributed by atoms with Gasteiger partial charge in [-0.2, -0.15) is 0 Å². The van der Waals surface area contributed by atoms with Crippen molar-refractivity contribution in [1.29, 1.82) is 0 Å². The lowest BCUT2D eigenvalue weighted by Gasteiger charge is -2.24. The van der Waals surface area contributed by atoms with Gasteiger partial charge in [-0.05, 0) is 25.0 Å². The van der Waals surface area contributed by atoms with Crippen molar-refractivity contribution in [3.63, 3.8) is 0 Å². The molecule has 0 bridgehead atoms. The number of unbranched alkanes of at least 4 members (excludes halogenated alkanes) is 2. The lowest BCUT2D eigenvalue weighted by atomic mass is 10.0. The second-order valence-electron chi connectivity index (χ2n) is 5.51. The molecule has 9 heteroatoms. The Bertz CT molecular complexity index is 555. The summed E-state index contributed by atoms with van der Waals surface area (Å²) >= 11 is 0. The van der Waals surface area contributed by atoms with E-state index >= 15 is 0 Å². The van der Waals surface area contributed by atoms with E-state index in [1.54, 1.807) is 13.0 Å². The number of aromatic hydroxyl groups is 1. The van der Waals surface area contributed by atoms with E-state index in [9.17, 15) is 25.1 Å². The molecule has 0 saturated heterocycles. The topological polar surface area (TPSA) is 126 Å². The SMILES string of the molecule is CCCCC[C@H](CN(O)C=O)C(=O)N(O)Nc1nccc(C)c1O. The molecule has 1 atom stereocenters. The zero-order valence-corrected chi connectivity index (χ0v) is 13.8. The molecule has 0 unspecified atom stereocenters. The molecule has 2 amide bonds. The number of hydrogen-bond acceptors (Lipinski definition) is 7. The lowest BCUT2D eigenvalue weighted by Crippen LogP contribution is -2.42. The van der Waals surface area contributed by atoms with Crippen LogP contribution in [0.3, 0.4) is 0 Å². The number of aromatic nitrogens is 1. The minimum atomic E-state index is -0.795. The number of pyridine rings is 1. The molecule has 134 valence electrons. The highest BCUT2D eigenvalue weighted by atomic mass is 16.6. The molecule has 1 rings (SSSR count). The zero-order valence-electron chi connectivity index (χ0n) is 13.8. The van der Waals surface area contributed by atoms with Crippen molar-refractivity contribution in [2.24, 2.45) is 5.92 Å². The Labute approximate surface area is 140 Å². The molecular weight excluding hydrogens is 316 g/mol. The standard InChI is InChI=1S/C15H24N4O5/c1-3-4-5-6-12(9-18(23)10-20)15(22)19(24)17-14-13(21)11(2)7-8-16-14/h7-8,10,12,21,23-24H,3-6,9H2,1-2H3,(H,16,17)/t12-/m1/s1. The first-order chi connectivity index (χ1) is 11.4. The summed E-state index contributed by atoms with van der Waals surface area (Å²) in [5, 5.41) is 29.7. The molecule has 1 aromatic heterocycles. The van der Waals surface area contributed by atoms with Crippen LogP contribution in [0.2, 0.25) is 0 Å². The minimum absolute atomic E-state index is 0.0746. The normalized spacial score (nSPS) is 11.7. The smallest absolute Gasteiger partial charge is 0.271 e. The Morgan fingerprint density at radius 1 is 1.42 bits per heavy atom. The number of rotatable bonds is 10. The van der Waals surface area contributed by atoms with Crippen molar-refractivity contribution in [1.82, 2.24) is 15.2 Å². The average molecular weight is 340 g/mol. The Morgan fingerprint density at radius 3 is 2.75 bits per heavy atom. The Balaban J connectivity index is 2.79. The first-order valence-corrected chi connectivity index (χ1v) is 7.75. The van der Waals surface area contributed by atoms with Crippen LogP contribution in [0, 0.1) is 12.8 Å². The third kappa shape index (κ3) is 5.67. The molecule has 0 spiro atoms. The Morgan fingerprint density at radius 2 is 2.12 bits per heavy atom. The first kappa shape index (κ1) is 19.7. The van der Waals surface area contributed by atoms with Gasteiger partial charge in [0.25, 0.3) is 5.91 Å². The maximum atomic E-state index is 12.3. The van der Waals surface area contributed by atoms with Gasteiger partial charge in [-0.3, -0.25) is 25.4 Å². The van der Waals surface area contributed by atoms with Crippen LogP contribution in [0.1, 0.15) is 38.2 Å². The number of amides is 2. The van der Waals surface area contributed by atoms with Crippen LogP contribution < -0.4 is 5.43 Å². The van der Waals surface area contributed by atoms with E-state index in [-0.39, 0.29) is 29.7 Å². The van der Waals surface area contributed by atoms with E-state index in [1.165, 1.54) is 6.20 Å². The van der Waals surface area contributed by atoms with Gasteiger partial charge >= 0.3 is 0 Å². The van der Waals surface area contributed by atoms with Crippen molar-refractivity contribution < 1.29 is 25.1 Å². The second-order valence-corrected chi connectivity index (χ2v) is 5.51. The van der Waals surface area contributed by atoms with E-state index < -0.39 is 11.8 Å². The van der Waals surface area contributed by atoms with Gasteiger partial charge in [0.15, 0.2) is 11.6 Å². The maximum absolute atomic E-state index is 12.3. The second kappa shape index (κ2) is 9.68. The van der Waals surface area contributed by atoms with Gasteiger partial charge in [0.1, 0.15) is 0 Å². The third-order valence-electron chi connectivity index (χ3n) is 3.58. The predicted octanol–water partition coefficient (Wildman–Crippen LogP) is 1.68. The fourth-order valence-electron chi connectivity index (χ4n) is 2.16. The molecule has 0 radical (unpaired) electrons. The van der Waals surface area contributed by atoms with Gasteiger partial charge in [0.05, 0.1) is 12.5 Å². The van der Waals surface area contributed by atoms with Crippen molar-refractivity contribution in [3.05, 3.63) is 17.8 Å². The summed E-state index contributed by atoms with van der Waals surface area (Å²) in [5.74, 6) is -1.80. The Hall–Kier alpha value is -2.39. The lowest BCUT2D eigenvalue weighted by molar-refractivity contribution is -0.172. The highest BCUT2D eigenvalue weighted by molar-refractivity contribution is 5.79. The van der Waals surface area contributed by atoms with Gasteiger partial charge in [0.2, 0.25) is 6.41 Å². The van der Waals surface area contributed by atoms with Gasteiger partial charge in [0, 0.05) is 6.20 Å². The molecule has 0 saturated carbocycles. The molecule has 1 aromatic rings. The molecule has 0 aliphatic heterocycles. The van der Waals surface area contributed by atoms with Crippen LogP contribution in [-0.2, 0) is 9.59 Å². The van der Waals surface area contributed by atoms with Crippen molar-refractivity contribution in [2.75, 3.05) is 12.0 Å². The van der Waals surface area contributed by atoms with Crippen molar-refractivity contribution in [3.8, 4) is 5.75 Å². The molecule has 24 heavy (non-hydrogen) atoms. The summed E-state index contributed by atoms with van der Waals surface area (Å²) in [4.78, 5) is 26.7. The van der Waals surface area contributed by atoms with Crippen LogP contribution in [0.25, 0.3) is 0 Å². The largest absolute Gasteiger partial charge is 0.504 e. The van der Waals surface area contributed by atoms with Crippen LogP contribution >= 0.6 is 0 Å². The Kier molecular flexibility index (Phi) is 7.93. The summed E-state index contributed by atoms with van der Waals surface area (Å²) in [7, 11) is 0. The number of hydrogen-bond donors (Lipinski definition) is 4. The number of carbonyl (C=O) groups excluding carboxylic acids is 2. The molecule has 1 heterocycles. The fourth-order valence-corrected chi connectivity index (χ4v) is 2.16. The van der Waals surface area contributed by atoms with E-state index in [4.69, 9.17) is 0 Å². The molecule has 9 nitrogen and oxygen atoms in total. The maximum Gasteiger partial charge on any atom is 0.271 e. The zero-order chi connectivity index (χ0) is 18.1. The summed E-state index contributed by atoms with van der Waals surface area (Å²) in [6.07, 6.45) is 4.54. The predicted molar refractivity (Wildman–Crippen MR) is 85.1 cm³/mol. The number of aryl methyl sites for hydroxylation is 1. The van der Waals surface area contributed by atoms with Crippen LogP contribution in [0.5, 0.6) is 5.75 Å². The third-order valence-corrected chi connectivity index (χ3v) is 3.58. The van der Waals surface area contributed by atoms with Crippen LogP contribution in [0.15, 0.2) is 12.3 Å². The summed E-state index contributed by atoms with van der Waals surface area (Å²) in [5.41, 5.74) is 2.83. The first-order valence-electron chi connectivity index (χ1n) is 7.75. The number of carbonyl (C=O) groups is 2. The highest BCUT2D eigenvalue weighted by Gasteiger charge is 2.26. The molecule has 4 N–H and O–H groups in total.